The summed E-state index contributed by atoms with van der Waals surface area (Å²) in [5.74, 6) is -0.333. The van der Waals surface area contributed by atoms with E-state index in [1.807, 2.05) is 0 Å². The van der Waals surface area contributed by atoms with Gasteiger partial charge in [0.25, 0.3) is 0 Å². The second kappa shape index (κ2) is 4.04. The lowest BCUT2D eigenvalue weighted by atomic mass is 9.97. The van der Waals surface area contributed by atoms with Gasteiger partial charge in [0.1, 0.15) is 0 Å². The number of hydrogen-bond acceptors (Lipinski definition) is 5. The molecule has 1 aliphatic rings. The minimum absolute atomic E-state index is 0.422. The van der Waals surface area contributed by atoms with Crippen molar-refractivity contribution in [3.63, 3.8) is 0 Å². The second-order valence-corrected chi connectivity index (χ2v) is 5.56. The molecule has 0 aromatic carbocycles. The number of rotatable bonds is 5. The van der Waals surface area contributed by atoms with E-state index in [0.29, 0.717) is 11.8 Å². The number of carboxylic acids is 1. The number of thioether (sulfide) groups is 1. The van der Waals surface area contributed by atoms with E-state index in [2.05, 4.69) is 15.5 Å². The molecule has 1 N–H and O–H groups in total. The highest BCUT2D eigenvalue weighted by molar-refractivity contribution is 7.99. The van der Waals surface area contributed by atoms with Crippen molar-refractivity contribution in [1.82, 2.24) is 20.2 Å². The van der Waals surface area contributed by atoms with E-state index in [1.54, 1.807) is 18.5 Å². The molecule has 0 unspecified atom stereocenters. The maximum Gasteiger partial charge on any atom is 0.309 e. The molecule has 0 aliphatic heterocycles. The average Bonchev–Trinajstić information content (AvgIpc) is 2.95. The van der Waals surface area contributed by atoms with Gasteiger partial charge < -0.3 is 5.11 Å². The summed E-state index contributed by atoms with van der Waals surface area (Å²) in [7, 11) is 0. The van der Waals surface area contributed by atoms with Gasteiger partial charge in [-0.05, 0) is 37.1 Å². The number of carbonyl (C=O) groups is 1. The summed E-state index contributed by atoms with van der Waals surface area (Å²) >= 11 is 1.40. The Morgan fingerprint density at radius 3 is 2.88 bits per heavy atom. The lowest BCUT2D eigenvalue weighted by molar-refractivity contribution is -0.145. The number of tetrazole rings is 1. The van der Waals surface area contributed by atoms with Crippen LogP contribution in [0, 0.1) is 5.41 Å². The quantitative estimate of drug-likeness (QED) is 0.782. The van der Waals surface area contributed by atoms with E-state index in [9.17, 15) is 4.79 Å². The zero-order chi connectivity index (χ0) is 11.8. The minimum atomic E-state index is -0.801. The van der Waals surface area contributed by atoms with Crippen LogP contribution in [0.1, 0.15) is 32.7 Å². The second-order valence-electron chi connectivity index (χ2n) is 4.61. The average molecular weight is 242 g/mol. The Balaban J connectivity index is 1.99. The molecule has 88 valence electrons. The van der Waals surface area contributed by atoms with Crippen LogP contribution in [-0.4, -0.2) is 37.0 Å². The summed E-state index contributed by atoms with van der Waals surface area (Å²) in [6.45, 7) is 3.40. The van der Waals surface area contributed by atoms with Gasteiger partial charge >= 0.3 is 5.97 Å². The van der Waals surface area contributed by atoms with Crippen molar-refractivity contribution in [2.75, 3.05) is 5.75 Å². The van der Waals surface area contributed by atoms with Crippen LogP contribution in [0.15, 0.2) is 5.16 Å². The molecule has 1 fully saturated rings. The fourth-order valence-corrected chi connectivity index (χ4v) is 2.16. The molecule has 1 saturated carbocycles. The molecule has 16 heavy (non-hydrogen) atoms. The highest BCUT2D eigenvalue weighted by atomic mass is 32.2. The first-order valence-corrected chi connectivity index (χ1v) is 6.13. The Bertz CT molecular complexity index is 400. The molecule has 1 aliphatic carbocycles. The van der Waals surface area contributed by atoms with Crippen LogP contribution in [0.3, 0.4) is 0 Å². The fraction of sp³-hybridized carbons (Fsp3) is 0.778. The van der Waals surface area contributed by atoms with Gasteiger partial charge in [-0.3, -0.25) is 4.79 Å². The largest absolute Gasteiger partial charge is 0.481 e. The van der Waals surface area contributed by atoms with Crippen LogP contribution in [0.25, 0.3) is 0 Å². The van der Waals surface area contributed by atoms with Crippen LogP contribution in [-0.2, 0) is 4.79 Å². The van der Waals surface area contributed by atoms with Gasteiger partial charge in [0, 0.05) is 5.75 Å². The fourth-order valence-electron chi connectivity index (χ4n) is 1.14. The first kappa shape index (κ1) is 11.4. The van der Waals surface area contributed by atoms with E-state index in [-0.39, 0.29) is 0 Å². The van der Waals surface area contributed by atoms with Crippen molar-refractivity contribution >= 4 is 17.7 Å². The molecule has 2 rings (SSSR count). The molecule has 1 aromatic rings. The summed E-state index contributed by atoms with van der Waals surface area (Å²) in [5.41, 5.74) is -0.759. The Morgan fingerprint density at radius 2 is 2.31 bits per heavy atom. The number of hydrogen-bond donors (Lipinski definition) is 1. The molecule has 0 atom stereocenters. The van der Waals surface area contributed by atoms with Gasteiger partial charge in [-0.2, -0.15) is 0 Å². The van der Waals surface area contributed by atoms with Crippen molar-refractivity contribution in [2.24, 2.45) is 5.41 Å². The SMILES string of the molecule is CC(C)(CSc1nnnn1C1CC1)C(=O)O. The molecule has 0 saturated heterocycles. The molecule has 0 amide bonds. The highest BCUT2D eigenvalue weighted by Gasteiger charge is 2.31. The summed E-state index contributed by atoms with van der Waals surface area (Å²) in [6, 6.07) is 0.422. The molecular weight excluding hydrogens is 228 g/mol. The lowest BCUT2D eigenvalue weighted by Gasteiger charge is -2.17. The smallest absolute Gasteiger partial charge is 0.309 e. The van der Waals surface area contributed by atoms with Crippen molar-refractivity contribution < 1.29 is 9.90 Å². The number of aromatic nitrogens is 4. The summed E-state index contributed by atoms with van der Waals surface area (Å²) in [6.07, 6.45) is 2.22. The van der Waals surface area contributed by atoms with E-state index in [0.717, 1.165) is 18.0 Å². The van der Waals surface area contributed by atoms with Crippen LogP contribution < -0.4 is 0 Å². The van der Waals surface area contributed by atoms with Crippen LogP contribution in [0.2, 0.25) is 0 Å². The normalized spacial score (nSPS) is 16.4. The van der Waals surface area contributed by atoms with E-state index in [1.165, 1.54) is 11.8 Å². The third-order valence-corrected chi connectivity index (χ3v) is 3.89. The van der Waals surface area contributed by atoms with E-state index >= 15 is 0 Å². The van der Waals surface area contributed by atoms with Crippen LogP contribution in [0.4, 0.5) is 0 Å². The third kappa shape index (κ3) is 2.34. The van der Waals surface area contributed by atoms with Gasteiger partial charge in [0.05, 0.1) is 11.5 Å². The van der Waals surface area contributed by atoms with Gasteiger partial charge in [0.15, 0.2) is 0 Å². The molecule has 1 heterocycles. The Kier molecular flexibility index (Phi) is 2.88. The number of nitrogens with zero attached hydrogens (tertiary/aromatic N) is 4. The van der Waals surface area contributed by atoms with Crippen LogP contribution >= 0.6 is 11.8 Å². The minimum Gasteiger partial charge on any atom is -0.481 e. The molecule has 6 nitrogen and oxygen atoms in total. The third-order valence-electron chi connectivity index (χ3n) is 2.50. The topological polar surface area (TPSA) is 80.9 Å². The Morgan fingerprint density at radius 1 is 1.62 bits per heavy atom. The zero-order valence-electron chi connectivity index (χ0n) is 9.25. The molecule has 7 heteroatoms. The standard InChI is InChI=1S/C9H14N4O2S/c1-9(2,7(14)15)5-16-8-10-11-12-13(8)6-3-4-6/h6H,3-5H2,1-2H3,(H,14,15). The first-order valence-electron chi connectivity index (χ1n) is 5.15. The number of aliphatic carboxylic acids is 1. The summed E-state index contributed by atoms with van der Waals surface area (Å²) < 4.78 is 1.79. The lowest BCUT2D eigenvalue weighted by Crippen LogP contribution is -2.26. The van der Waals surface area contributed by atoms with Crippen LogP contribution in [0.5, 0.6) is 0 Å². The zero-order valence-corrected chi connectivity index (χ0v) is 10.1. The van der Waals surface area contributed by atoms with Crippen molar-refractivity contribution in [3.8, 4) is 0 Å². The Hall–Kier alpha value is -1.11. The Labute approximate surface area is 97.4 Å². The molecule has 0 radical (unpaired) electrons. The monoisotopic (exact) mass is 242 g/mol. The highest BCUT2D eigenvalue weighted by Crippen LogP contribution is 2.37. The first-order chi connectivity index (χ1) is 7.50. The van der Waals surface area contributed by atoms with Crippen molar-refractivity contribution in [2.45, 2.75) is 37.9 Å². The molecule has 0 spiro atoms. The molecule has 1 aromatic heterocycles. The predicted molar refractivity (Wildman–Crippen MR) is 58.2 cm³/mol. The van der Waals surface area contributed by atoms with Crippen molar-refractivity contribution in [1.29, 1.82) is 0 Å². The van der Waals surface area contributed by atoms with Gasteiger partial charge in [0.2, 0.25) is 5.16 Å². The predicted octanol–water partition coefficient (Wildman–Crippen LogP) is 1.21. The summed E-state index contributed by atoms with van der Waals surface area (Å²) in [5, 5.41) is 21.2. The number of carboxylic acid groups (broad SMARTS) is 1. The van der Waals surface area contributed by atoms with Gasteiger partial charge in [-0.15, -0.1) is 5.10 Å². The maximum absolute atomic E-state index is 10.9. The van der Waals surface area contributed by atoms with Crippen molar-refractivity contribution in [3.05, 3.63) is 0 Å². The van der Waals surface area contributed by atoms with E-state index in [4.69, 9.17) is 5.11 Å². The van der Waals surface area contributed by atoms with E-state index < -0.39 is 11.4 Å². The molecule has 0 bridgehead atoms. The summed E-state index contributed by atoms with van der Waals surface area (Å²) in [4.78, 5) is 10.9. The van der Waals surface area contributed by atoms with Gasteiger partial charge in [-0.1, -0.05) is 11.8 Å². The molecular formula is C9H14N4O2S. The van der Waals surface area contributed by atoms with Gasteiger partial charge in [-0.25, -0.2) is 4.68 Å². The maximum atomic E-state index is 10.9.